The van der Waals surface area contributed by atoms with E-state index < -0.39 is 0 Å². The number of nitrogens with zero attached hydrogens (tertiary/aromatic N) is 2. The standard InChI is InChI=1S/C12H23N3OS/c1-8(2)10-14-11(17-15-10)13-9(6-7-16)12(3,4)5/h8-9,16H,6-7H2,1-5H3,(H,13,14,15). The van der Waals surface area contributed by atoms with Crippen LogP contribution in [0.1, 0.15) is 52.8 Å². The fourth-order valence-electron chi connectivity index (χ4n) is 1.53. The fourth-order valence-corrected chi connectivity index (χ4v) is 2.29. The van der Waals surface area contributed by atoms with E-state index in [9.17, 15) is 0 Å². The molecule has 0 amide bonds. The van der Waals surface area contributed by atoms with Gasteiger partial charge in [0.2, 0.25) is 5.13 Å². The molecule has 1 aromatic heterocycles. The molecular weight excluding hydrogens is 234 g/mol. The summed E-state index contributed by atoms with van der Waals surface area (Å²) in [5.74, 6) is 1.24. The van der Waals surface area contributed by atoms with Crippen molar-refractivity contribution in [2.75, 3.05) is 11.9 Å². The molecule has 0 fully saturated rings. The van der Waals surface area contributed by atoms with E-state index >= 15 is 0 Å². The molecule has 0 aliphatic heterocycles. The van der Waals surface area contributed by atoms with Crippen LogP contribution in [0.25, 0.3) is 0 Å². The second kappa shape index (κ2) is 5.78. The van der Waals surface area contributed by atoms with Gasteiger partial charge in [-0.3, -0.25) is 0 Å². The molecule has 5 heteroatoms. The Morgan fingerprint density at radius 2 is 2.00 bits per heavy atom. The number of aromatic nitrogens is 2. The van der Waals surface area contributed by atoms with E-state index in [1.54, 1.807) is 0 Å². The van der Waals surface area contributed by atoms with Crippen LogP contribution >= 0.6 is 11.5 Å². The predicted molar refractivity (Wildman–Crippen MR) is 72.6 cm³/mol. The third-order valence-corrected chi connectivity index (χ3v) is 3.38. The zero-order valence-corrected chi connectivity index (χ0v) is 12.1. The molecule has 2 N–H and O–H groups in total. The van der Waals surface area contributed by atoms with Crippen LogP contribution in [0, 0.1) is 5.41 Å². The summed E-state index contributed by atoms with van der Waals surface area (Å²) < 4.78 is 4.32. The van der Waals surface area contributed by atoms with Crippen LogP contribution in [0.3, 0.4) is 0 Å². The van der Waals surface area contributed by atoms with Gasteiger partial charge >= 0.3 is 0 Å². The van der Waals surface area contributed by atoms with Crippen LogP contribution in [0.2, 0.25) is 0 Å². The van der Waals surface area contributed by atoms with Gasteiger partial charge in [0.05, 0.1) is 0 Å². The lowest BCUT2D eigenvalue weighted by Gasteiger charge is -2.30. The van der Waals surface area contributed by atoms with Crippen LogP contribution in [0.5, 0.6) is 0 Å². The zero-order valence-electron chi connectivity index (χ0n) is 11.3. The van der Waals surface area contributed by atoms with Crippen molar-refractivity contribution in [1.29, 1.82) is 0 Å². The van der Waals surface area contributed by atoms with Crippen molar-refractivity contribution in [2.24, 2.45) is 5.41 Å². The minimum absolute atomic E-state index is 0.0897. The van der Waals surface area contributed by atoms with Crippen LogP contribution in [-0.2, 0) is 0 Å². The molecule has 1 aromatic rings. The summed E-state index contributed by atoms with van der Waals surface area (Å²) >= 11 is 1.39. The minimum Gasteiger partial charge on any atom is -0.396 e. The highest BCUT2D eigenvalue weighted by Crippen LogP contribution is 2.27. The number of rotatable bonds is 5. The number of anilines is 1. The van der Waals surface area contributed by atoms with Gasteiger partial charge in [0, 0.05) is 30.1 Å². The van der Waals surface area contributed by atoms with Crippen molar-refractivity contribution in [3.63, 3.8) is 0 Å². The molecule has 4 nitrogen and oxygen atoms in total. The molecular formula is C12H23N3OS. The van der Waals surface area contributed by atoms with Gasteiger partial charge in [-0.2, -0.15) is 4.37 Å². The second-order valence-corrected chi connectivity index (χ2v) is 6.44. The lowest BCUT2D eigenvalue weighted by atomic mass is 9.85. The van der Waals surface area contributed by atoms with Crippen molar-refractivity contribution < 1.29 is 5.11 Å². The van der Waals surface area contributed by atoms with Gasteiger partial charge in [-0.05, 0) is 11.8 Å². The molecule has 0 spiro atoms. The van der Waals surface area contributed by atoms with Gasteiger partial charge in [-0.15, -0.1) is 0 Å². The van der Waals surface area contributed by atoms with E-state index in [2.05, 4.69) is 49.3 Å². The summed E-state index contributed by atoms with van der Waals surface area (Å²) in [5, 5.41) is 13.3. The fraction of sp³-hybridized carbons (Fsp3) is 0.833. The first kappa shape index (κ1) is 14.4. The maximum atomic E-state index is 9.10. The van der Waals surface area contributed by atoms with Crippen LogP contribution < -0.4 is 5.32 Å². The molecule has 1 heterocycles. The Bertz CT molecular complexity index is 344. The van der Waals surface area contributed by atoms with Crippen molar-refractivity contribution in [3.05, 3.63) is 5.82 Å². The maximum absolute atomic E-state index is 9.10. The number of aliphatic hydroxyl groups excluding tert-OH is 1. The van der Waals surface area contributed by atoms with E-state index in [4.69, 9.17) is 5.11 Å². The maximum Gasteiger partial charge on any atom is 0.202 e. The summed E-state index contributed by atoms with van der Waals surface area (Å²) in [6.07, 6.45) is 0.722. The Morgan fingerprint density at radius 3 is 2.41 bits per heavy atom. The van der Waals surface area contributed by atoms with E-state index in [0.717, 1.165) is 17.4 Å². The van der Waals surface area contributed by atoms with Crippen molar-refractivity contribution >= 4 is 16.7 Å². The molecule has 1 unspecified atom stereocenters. The number of aliphatic hydroxyl groups is 1. The topological polar surface area (TPSA) is 58.0 Å². The van der Waals surface area contributed by atoms with Crippen molar-refractivity contribution in [1.82, 2.24) is 9.36 Å². The summed E-state index contributed by atoms with van der Waals surface area (Å²) in [7, 11) is 0. The molecule has 0 radical (unpaired) electrons. The Balaban J connectivity index is 2.72. The number of hydrogen-bond acceptors (Lipinski definition) is 5. The third kappa shape index (κ3) is 4.24. The smallest absolute Gasteiger partial charge is 0.202 e. The average molecular weight is 257 g/mol. The normalized spacial score (nSPS) is 14.1. The molecule has 1 atom stereocenters. The highest BCUT2D eigenvalue weighted by atomic mass is 32.1. The summed E-state index contributed by atoms with van der Waals surface area (Å²) in [6.45, 7) is 10.8. The first-order chi connectivity index (χ1) is 7.84. The quantitative estimate of drug-likeness (QED) is 0.851. The Kier molecular flexibility index (Phi) is 4.89. The molecule has 1 rings (SSSR count). The van der Waals surface area contributed by atoms with E-state index in [0.29, 0.717) is 5.92 Å². The molecule has 0 bridgehead atoms. The highest BCUT2D eigenvalue weighted by molar-refractivity contribution is 7.09. The average Bonchev–Trinajstić information content (AvgIpc) is 2.64. The van der Waals surface area contributed by atoms with Crippen LogP contribution in [0.15, 0.2) is 0 Å². The first-order valence-corrected chi connectivity index (χ1v) is 6.83. The van der Waals surface area contributed by atoms with Gasteiger partial charge in [-0.25, -0.2) is 4.98 Å². The third-order valence-electron chi connectivity index (χ3n) is 2.72. The second-order valence-electron chi connectivity index (χ2n) is 5.69. The largest absolute Gasteiger partial charge is 0.396 e. The highest BCUT2D eigenvalue weighted by Gasteiger charge is 2.25. The van der Waals surface area contributed by atoms with E-state index in [1.165, 1.54) is 11.5 Å². The lowest BCUT2D eigenvalue weighted by Crippen LogP contribution is -2.34. The van der Waals surface area contributed by atoms with Crippen LogP contribution in [0.4, 0.5) is 5.13 Å². The molecule has 0 saturated heterocycles. The Hall–Kier alpha value is -0.680. The van der Waals surface area contributed by atoms with E-state index in [1.807, 2.05) is 0 Å². The summed E-state index contributed by atoms with van der Waals surface area (Å²) in [5.41, 5.74) is 0.0897. The monoisotopic (exact) mass is 257 g/mol. The molecule has 0 saturated carbocycles. The van der Waals surface area contributed by atoms with Crippen molar-refractivity contribution in [3.8, 4) is 0 Å². The minimum atomic E-state index is 0.0897. The Morgan fingerprint density at radius 1 is 1.35 bits per heavy atom. The van der Waals surface area contributed by atoms with Gasteiger partial charge in [0.25, 0.3) is 0 Å². The zero-order chi connectivity index (χ0) is 13.1. The number of hydrogen-bond donors (Lipinski definition) is 2. The summed E-state index contributed by atoms with van der Waals surface area (Å²) in [4.78, 5) is 4.46. The molecule has 98 valence electrons. The molecule has 0 aliphatic rings. The van der Waals surface area contributed by atoms with Gasteiger partial charge in [0.15, 0.2) is 0 Å². The predicted octanol–water partition coefficient (Wildman–Crippen LogP) is 2.87. The lowest BCUT2D eigenvalue weighted by molar-refractivity contribution is 0.235. The van der Waals surface area contributed by atoms with Gasteiger partial charge in [-0.1, -0.05) is 34.6 Å². The van der Waals surface area contributed by atoms with Crippen molar-refractivity contribution in [2.45, 2.75) is 53.0 Å². The Labute approximate surface area is 108 Å². The molecule has 17 heavy (non-hydrogen) atoms. The molecule has 0 aromatic carbocycles. The first-order valence-electron chi connectivity index (χ1n) is 6.05. The van der Waals surface area contributed by atoms with E-state index in [-0.39, 0.29) is 18.1 Å². The van der Waals surface area contributed by atoms with Gasteiger partial charge < -0.3 is 10.4 Å². The SMILES string of the molecule is CC(C)c1nsc(NC(CCO)C(C)(C)C)n1. The van der Waals surface area contributed by atoms with Crippen LogP contribution in [-0.4, -0.2) is 27.1 Å². The molecule has 0 aliphatic carbocycles. The van der Waals surface area contributed by atoms with Gasteiger partial charge in [0.1, 0.15) is 5.82 Å². The summed E-state index contributed by atoms with van der Waals surface area (Å²) in [6, 6.07) is 0.209. The number of nitrogens with one attached hydrogen (secondary N) is 1.